The van der Waals surface area contributed by atoms with Crippen LogP contribution in [0.2, 0.25) is 0 Å². The van der Waals surface area contributed by atoms with Crippen LogP contribution < -0.4 is 20.4 Å². The van der Waals surface area contributed by atoms with Gasteiger partial charge in [0.25, 0.3) is 0 Å². The molecule has 0 aliphatic carbocycles. The van der Waals surface area contributed by atoms with Crippen molar-refractivity contribution >= 4 is 29.3 Å². The Bertz CT molecular complexity index is 1010. The molecular formula is C24H32FN7O3. The Kier molecular flexibility index (Phi) is 7.96. The highest BCUT2D eigenvalue weighted by Gasteiger charge is 2.25. The molecule has 0 saturated carbocycles. The van der Waals surface area contributed by atoms with Crippen molar-refractivity contribution in [3.05, 3.63) is 42.5 Å². The fourth-order valence-electron chi connectivity index (χ4n) is 4.44. The van der Waals surface area contributed by atoms with Gasteiger partial charge in [0.1, 0.15) is 5.82 Å². The summed E-state index contributed by atoms with van der Waals surface area (Å²) in [4.78, 5) is 39.0. The summed E-state index contributed by atoms with van der Waals surface area (Å²) >= 11 is 0. The van der Waals surface area contributed by atoms with E-state index in [2.05, 4.69) is 20.6 Å². The highest BCUT2D eigenvalue weighted by molar-refractivity contribution is 5.89. The number of aromatic nitrogens is 2. The van der Waals surface area contributed by atoms with Crippen LogP contribution in [0.15, 0.2) is 36.7 Å². The van der Waals surface area contributed by atoms with Crippen molar-refractivity contribution in [2.45, 2.75) is 32.5 Å². The number of carbonyl (C=O) groups excluding carboxylic acids is 2. The molecule has 2 aliphatic heterocycles. The number of hydrogen-bond donors (Lipinski definition) is 2. The van der Waals surface area contributed by atoms with Crippen molar-refractivity contribution in [2.24, 2.45) is 0 Å². The van der Waals surface area contributed by atoms with Crippen molar-refractivity contribution in [3.63, 3.8) is 0 Å². The summed E-state index contributed by atoms with van der Waals surface area (Å²) in [6.07, 6.45) is 3.63. The molecule has 0 radical (unpaired) electrons. The lowest BCUT2D eigenvalue weighted by Crippen LogP contribution is -2.49. The van der Waals surface area contributed by atoms with Crippen molar-refractivity contribution in [1.29, 1.82) is 0 Å². The van der Waals surface area contributed by atoms with Crippen molar-refractivity contribution in [1.82, 2.24) is 20.2 Å². The monoisotopic (exact) mass is 485 g/mol. The molecule has 2 atom stereocenters. The standard InChI is InChI=1S/C24H32FN7O3/c1-17-15-32(16-18(2)35-17)21-5-4-19(14-20(21)25)29-24(34)28-9-6-22(33)30-10-12-31(13-11-30)23-26-7-3-8-27-23/h3-5,7-8,14,17-18H,6,9-13,15-16H2,1-2H3,(H2,28,29,34). The average Bonchev–Trinajstić information content (AvgIpc) is 2.84. The minimum atomic E-state index is -0.482. The average molecular weight is 486 g/mol. The summed E-state index contributed by atoms with van der Waals surface area (Å²) in [5.41, 5.74) is 0.839. The first-order valence-corrected chi connectivity index (χ1v) is 11.9. The maximum absolute atomic E-state index is 14.7. The van der Waals surface area contributed by atoms with E-state index in [0.29, 0.717) is 56.6 Å². The van der Waals surface area contributed by atoms with E-state index < -0.39 is 11.8 Å². The molecule has 3 heterocycles. The van der Waals surface area contributed by atoms with Crippen LogP contribution in [0.1, 0.15) is 20.3 Å². The number of piperazine rings is 1. The molecule has 3 amide bonds. The topological polar surface area (TPSA) is 103 Å². The van der Waals surface area contributed by atoms with Crippen LogP contribution in [-0.4, -0.2) is 84.8 Å². The molecule has 10 nitrogen and oxygen atoms in total. The lowest BCUT2D eigenvalue weighted by atomic mass is 10.2. The molecule has 2 N–H and O–H groups in total. The van der Waals surface area contributed by atoms with Gasteiger partial charge in [-0.3, -0.25) is 4.79 Å². The number of urea groups is 1. The van der Waals surface area contributed by atoms with Crippen molar-refractivity contribution in [2.75, 3.05) is 60.9 Å². The number of anilines is 3. The van der Waals surface area contributed by atoms with E-state index >= 15 is 0 Å². The minimum Gasteiger partial charge on any atom is -0.372 e. The zero-order valence-electron chi connectivity index (χ0n) is 20.1. The summed E-state index contributed by atoms with van der Waals surface area (Å²) in [7, 11) is 0. The van der Waals surface area contributed by atoms with E-state index in [-0.39, 0.29) is 31.1 Å². The third-order valence-corrected chi connectivity index (χ3v) is 6.06. The molecule has 1 aromatic heterocycles. The zero-order valence-corrected chi connectivity index (χ0v) is 20.1. The number of carbonyl (C=O) groups is 2. The van der Waals surface area contributed by atoms with Gasteiger partial charge in [-0.05, 0) is 38.1 Å². The largest absolute Gasteiger partial charge is 0.372 e. The summed E-state index contributed by atoms with van der Waals surface area (Å²) in [5.74, 6) is 0.235. The van der Waals surface area contributed by atoms with Gasteiger partial charge in [0, 0.05) is 70.3 Å². The van der Waals surface area contributed by atoms with Gasteiger partial charge in [-0.1, -0.05) is 0 Å². The zero-order chi connectivity index (χ0) is 24.8. The number of ether oxygens (including phenoxy) is 1. The minimum absolute atomic E-state index is 0.0196. The third kappa shape index (κ3) is 6.56. The number of rotatable bonds is 6. The lowest BCUT2D eigenvalue weighted by molar-refractivity contribution is -0.131. The highest BCUT2D eigenvalue weighted by atomic mass is 19.1. The van der Waals surface area contributed by atoms with Crippen LogP contribution in [0.25, 0.3) is 0 Å². The van der Waals surface area contributed by atoms with Gasteiger partial charge in [0.2, 0.25) is 11.9 Å². The van der Waals surface area contributed by atoms with E-state index in [1.165, 1.54) is 6.07 Å². The van der Waals surface area contributed by atoms with Gasteiger partial charge in [0.15, 0.2) is 0 Å². The van der Waals surface area contributed by atoms with Gasteiger partial charge >= 0.3 is 6.03 Å². The molecule has 2 saturated heterocycles. The Hall–Kier alpha value is -3.47. The first-order chi connectivity index (χ1) is 16.9. The van der Waals surface area contributed by atoms with Crippen molar-refractivity contribution in [3.8, 4) is 0 Å². The number of nitrogens with one attached hydrogen (secondary N) is 2. The Labute approximate surface area is 204 Å². The van der Waals surface area contributed by atoms with Gasteiger partial charge in [-0.2, -0.15) is 0 Å². The second-order valence-corrected chi connectivity index (χ2v) is 8.88. The smallest absolute Gasteiger partial charge is 0.319 e. The molecule has 4 rings (SSSR count). The van der Waals surface area contributed by atoms with Crippen LogP contribution >= 0.6 is 0 Å². The second kappa shape index (κ2) is 11.3. The molecule has 2 aliphatic rings. The molecular weight excluding hydrogens is 453 g/mol. The van der Waals surface area contributed by atoms with E-state index in [1.54, 1.807) is 35.5 Å². The highest BCUT2D eigenvalue weighted by Crippen LogP contribution is 2.26. The summed E-state index contributed by atoms with van der Waals surface area (Å²) in [6.45, 7) is 7.81. The fourth-order valence-corrected chi connectivity index (χ4v) is 4.44. The summed E-state index contributed by atoms with van der Waals surface area (Å²) < 4.78 is 20.4. The molecule has 0 bridgehead atoms. The third-order valence-electron chi connectivity index (χ3n) is 6.06. The summed E-state index contributed by atoms with van der Waals surface area (Å²) in [6, 6.07) is 5.93. The number of hydrogen-bond acceptors (Lipinski definition) is 7. The van der Waals surface area contributed by atoms with Crippen LogP contribution in [0, 0.1) is 5.82 Å². The Morgan fingerprint density at radius 1 is 1.06 bits per heavy atom. The Balaban J connectivity index is 1.19. The first-order valence-electron chi connectivity index (χ1n) is 11.9. The molecule has 0 spiro atoms. The number of halogens is 1. The van der Waals surface area contributed by atoms with Gasteiger partial charge in [-0.15, -0.1) is 0 Å². The van der Waals surface area contributed by atoms with Crippen LogP contribution in [-0.2, 0) is 9.53 Å². The van der Waals surface area contributed by atoms with Crippen molar-refractivity contribution < 1.29 is 18.7 Å². The molecule has 11 heteroatoms. The van der Waals surface area contributed by atoms with Crippen LogP contribution in [0.4, 0.5) is 26.5 Å². The predicted octanol–water partition coefficient (Wildman–Crippen LogP) is 2.09. The predicted molar refractivity (Wildman–Crippen MR) is 131 cm³/mol. The molecule has 1 aromatic carbocycles. The Morgan fingerprint density at radius 2 is 1.74 bits per heavy atom. The molecule has 35 heavy (non-hydrogen) atoms. The number of amides is 3. The van der Waals surface area contributed by atoms with Crippen LogP contribution in [0.3, 0.4) is 0 Å². The van der Waals surface area contributed by atoms with Gasteiger partial charge in [0.05, 0.1) is 17.9 Å². The van der Waals surface area contributed by atoms with E-state index in [0.717, 1.165) is 0 Å². The SMILES string of the molecule is CC1CN(c2ccc(NC(=O)NCCC(=O)N3CCN(c4ncccn4)CC3)cc2F)CC(C)O1. The number of morpholine rings is 1. The van der Waals surface area contributed by atoms with Gasteiger partial charge in [-0.25, -0.2) is 19.2 Å². The molecule has 2 unspecified atom stereocenters. The molecule has 188 valence electrons. The normalized spacial score (nSPS) is 20.5. The maximum Gasteiger partial charge on any atom is 0.319 e. The van der Waals surface area contributed by atoms with E-state index in [9.17, 15) is 14.0 Å². The van der Waals surface area contributed by atoms with Crippen LogP contribution in [0.5, 0.6) is 0 Å². The first kappa shape index (κ1) is 24.6. The summed E-state index contributed by atoms with van der Waals surface area (Å²) in [5, 5.41) is 5.30. The van der Waals surface area contributed by atoms with E-state index in [4.69, 9.17) is 4.74 Å². The molecule has 2 aromatic rings. The number of benzene rings is 1. The lowest BCUT2D eigenvalue weighted by Gasteiger charge is -2.37. The quantitative estimate of drug-likeness (QED) is 0.646. The fraction of sp³-hybridized carbons (Fsp3) is 0.500. The van der Waals surface area contributed by atoms with Gasteiger partial charge < -0.3 is 30.1 Å². The Morgan fingerprint density at radius 3 is 2.40 bits per heavy atom. The molecule has 2 fully saturated rings. The van der Waals surface area contributed by atoms with E-state index in [1.807, 2.05) is 23.6 Å². The number of nitrogens with zero attached hydrogens (tertiary/aromatic N) is 5. The maximum atomic E-state index is 14.7. The second-order valence-electron chi connectivity index (χ2n) is 8.88.